The Labute approximate surface area is 196 Å². The molecule has 0 aliphatic heterocycles. The Morgan fingerprint density at radius 2 is 1.85 bits per heavy atom. The number of primary amides is 1. The number of aryl methyl sites for hydroxylation is 3. The number of nitrogens with one attached hydrogen (secondary N) is 1. The molecule has 3 aromatic heterocycles. The lowest BCUT2D eigenvalue weighted by Gasteiger charge is -2.12. The van der Waals surface area contributed by atoms with Crippen molar-refractivity contribution in [2.24, 2.45) is 5.73 Å². The number of nitrogens with zero attached hydrogens (tertiary/aromatic N) is 3. The van der Waals surface area contributed by atoms with Crippen LogP contribution in [0.5, 0.6) is 0 Å². The van der Waals surface area contributed by atoms with Crippen molar-refractivity contribution < 1.29 is 22.8 Å². The van der Waals surface area contributed by atoms with Crippen LogP contribution in [0.4, 0.5) is 18.9 Å². The van der Waals surface area contributed by atoms with E-state index in [4.69, 9.17) is 5.73 Å². The molecule has 0 spiro atoms. The van der Waals surface area contributed by atoms with E-state index in [2.05, 4.69) is 15.4 Å². The van der Waals surface area contributed by atoms with Crippen LogP contribution in [-0.4, -0.2) is 26.6 Å². The van der Waals surface area contributed by atoms with Gasteiger partial charge in [-0.1, -0.05) is 30.3 Å². The van der Waals surface area contributed by atoms with Gasteiger partial charge in [0.1, 0.15) is 15.4 Å². The molecule has 3 N–H and O–H groups in total. The van der Waals surface area contributed by atoms with Crippen molar-refractivity contribution in [3.8, 4) is 11.1 Å². The fourth-order valence-electron chi connectivity index (χ4n) is 3.69. The summed E-state index contributed by atoms with van der Waals surface area (Å²) in [6.45, 7) is 4.00. The molecule has 34 heavy (non-hydrogen) atoms. The number of benzene rings is 1. The summed E-state index contributed by atoms with van der Waals surface area (Å²) in [5.74, 6) is -1.31. The third kappa shape index (κ3) is 4.65. The Morgan fingerprint density at radius 1 is 1.15 bits per heavy atom. The maximum atomic E-state index is 13.6. The molecule has 2 amide bonds. The first-order valence-corrected chi connectivity index (χ1v) is 11.1. The van der Waals surface area contributed by atoms with Crippen LogP contribution >= 0.6 is 11.3 Å². The maximum absolute atomic E-state index is 13.6. The second-order valence-corrected chi connectivity index (χ2v) is 8.72. The number of halogens is 3. The lowest BCUT2D eigenvalue weighted by molar-refractivity contribution is -0.140. The van der Waals surface area contributed by atoms with Gasteiger partial charge in [-0.25, -0.2) is 4.98 Å². The fourth-order valence-corrected chi connectivity index (χ4v) is 4.70. The summed E-state index contributed by atoms with van der Waals surface area (Å²) in [5, 5.41) is 7.23. The predicted molar refractivity (Wildman–Crippen MR) is 124 cm³/mol. The number of alkyl halides is 3. The summed E-state index contributed by atoms with van der Waals surface area (Å²) in [5.41, 5.74) is 6.85. The summed E-state index contributed by atoms with van der Waals surface area (Å²) in [4.78, 5) is 28.6. The van der Waals surface area contributed by atoms with Crippen molar-refractivity contribution in [1.82, 2.24) is 14.8 Å². The zero-order chi connectivity index (χ0) is 24.6. The molecule has 176 valence electrons. The molecule has 4 aromatic rings. The first-order valence-electron chi connectivity index (χ1n) is 10.3. The van der Waals surface area contributed by atoms with Crippen LogP contribution in [0.3, 0.4) is 0 Å². The van der Waals surface area contributed by atoms with Crippen molar-refractivity contribution in [2.45, 2.75) is 33.0 Å². The molecule has 4 rings (SSSR count). The smallest absolute Gasteiger partial charge is 0.365 e. The number of hydrogen-bond donors (Lipinski definition) is 2. The molecule has 0 atom stereocenters. The molecule has 1 aromatic carbocycles. The van der Waals surface area contributed by atoms with Crippen molar-refractivity contribution in [1.29, 1.82) is 0 Å². The minimum absolute atomic E-state index is 0.0340. The van der Waals surface area contributed by atoms with Crippen LogP contribution < -0.4 is 11.1 Å². The Bertz CT molecular complexity index is 1390. The fraction of sp³-hybridized carbons (Fsp3) is 0.217. The molecule has 0 bridgehead atoms. The average molecular weight is 488 g/mol. The first-order chi connectivity index (χ1) is 16.0. The SMILES string of the molecule is Cc1cc(C)n(CCC(=O)Nc2c(C(N)=O)sc3nc(C(F)(F)F)cc(-c4ccccc4)c23)n1. The highest BCUT2D eigenvalue weighted by Crippen LogP contribution is 2.43. The van der Waals surface area contributed by atoms with E-state index in [0.717, 1.165) is 17.5 Å². The monoisotopic (exact) mass is 487 g/mol. The van der Waals surface area contributed by atoms with E-state index in [-0.39, 0.29) is 32.8 Å². The van der Waals surface area contributed by atoms with Crippen molar-refractivity contribution in [3.05, 3.63) is 64.4 Å². The predicted octanol–water partition coefficient (Wildman–Crippen LogP) is 4.92. The highest BCUT2D eigenvalue weighted by molar-refractivity contribution is 7.21. The number of hydrogen-bond acceptors (Lipinski definition) is 5. The van der Waals surface area contributed by atoms with Gasteiger partial charge in [-0.05, 0) is 37.1 Å². The summed E-state index contributed by atoms with van der Waals surface area (Å²) in [7, 11) is 0. The minimum atomic E-state index is -4.70. The number of amides is 2. The maximum Gasteiger partial charge on any atom is 0.433 e. The topological polar surface area (TPSA) is 103 Å². The van der Waals surface area contributed by atoms with Gasteiger partial charge < -0.3 is 11.1 Å². The van der Waals surface area contributed by atoms with E-state index in [1.54, 1.807) is 35.0 Å². The van der Waals surface area contributed by atoms with Gasteiger partial charge >= 0.3 is 6.18 Å². The average Bonchev–Trinajstić information content (AvgIpc) is 3.30. The second-order valence-electron chi connectivity index (χ2n) is 7.72. The second kappa shape index (κ2) is 8.90. The van der Waals surface area contributed by atoms with Gasteiger partial charge in [0.25, 0.3) is 5.91 Å². The van der Waals surface area contributed by atoms with Crippen molar-refractivity contribution >= 4 is 39.1 Å². The van der Waals surface area contributed by atoms with Gasteiger partial charge in [-0.2, -0.15) is 18.3 Å². The largest absolute Gasteiger partial charge is 0.433 e. The first kappa shape index (κ1) is 23.4. The molecule has 3 heterocycles. The number of fused-ring (bicyclic) bond motifs is 1. The number of nitrogens with two attached hydrogens (primary N) is 1. The van der Waals surface area contributed by atoms with E-state index < -0.39 is 23.7 Å². The number of anilines is 1. The zero-order valence-corrected chi connectivity index (χ0v) is 19.0. The molecule has 0 aliphatic rings. The molecular formula is C23H20F3N5O2S. The van der Waals surface area contributed by atoms with E-state index in [9.17, 15) is 22.8 Å². The Hall–Kier alpha value is -3.73. The lowest BCUT2D eigenvalue weighted by atomic mass is 10.0. The molecule has 11 heteroatoms. The molecule has 0 aliphatic carbocycles. The number of carbonyl (C=O) groups is 2. The van der Waals surface area contributed by atoms with E-state index >= 15 is 0 Å². The van der Waals surface area contributed by atoms with E-state index in [1.807, 2.05) is 19.9 Å². The highest BCUT2D eigenvalue weighted by atomic mass is 32.1. The lowest BCUT2D eigenvalue weighted by Crippen LogP contribution is -2.18. The van der Waals surface area contributed by atoms with Crippen LogP contribution in [0.1, 0.15) is 33.2 Å². The molecule has 0 radical (unpaired) electrons. The zero-order valence-electron chi connectivity index (χ0n) is 18.2. The quantitative estimate of drug-likeness (QED) is 0.403. The van der Waals surface area contributed by atoms with Crippen molar-refractivity contribution in [3.63, 3.8) is 0 Å². The number of aromatic nitrogens is 3. The van der Waals surface area contributed by atoms with E-state index in [1.165, 1.54) is 0 Å². The Morgan fingerprint density at radius 3 is 2.44 bits per heavy atom. The number of rotatable bonds is 6. The standard InChI is InChI=1S/C23H20F3N5O2S/c1-12-10-13(2)31(30-12)9-8-17(32)29-19-18-15(14-6-4-3-5-7-14)11-16(23(24,25)26)28-22(18)34-20(19)21(27)33/h3-7,10-11H,8-9H2,1-2H3,(H2,27,33)(H,29,32). The third-order valence-electron chi connectivity index (χ3n) is 5.18. The van der Waals surface area contributed by atoms with Gasteiger partial charge in [0.2, 0.25) is 5.91 Å². The number of pyridine rings is 1. The molecule has 0 saturated carbocycles. The molecular weight excluding hydrogens is 467 g/mol. The molecule has 0 unspecified atom stereocenters. The molecule has 0 saturated heterocycles. The van der Waals surface area contributed by atoms with Crippen LogP contribution in [0, 0.1) is 13.8 Å². The van der Waals surface area contributed by atoms with Crippen molar-refractivity contribution in [2.75, 3.05) is 5.32 Å². The number of carbonyl (C=O) groups excluding carboxylic acids is 2. The van der Waals surface area contributed by atoms with Gasteiger partial charge in [0.15, 0.2) is 0 Å². The van der Waals surface area contributed by atoms with Gasteiger partial charge in [0, 0.05) is 24.0 Å². The summed E-state index contributed by atoms with van der Waals surface area (Å²) >= 11 is 0.715. The Balaban J connectivity index is 1.80. The summed E-state index contributed by atoms with van der Waals surface area (Å²) in [6, 6.07) is 11.2. The van der Waals surface area contributed by atoms with Gasteiger partial charge in [0.05, 0.1) is 11.4 Å². The summed E-state index contributed by atoms with van der Waals surface area (Å²) in [6.07, 6.45) is -4.66. The van der Waals surface area contributed by atoms with Crippen LogP contribution in [-0.2, 0) is 17.5 Å². The molecule has 7 nitrogen and oxygen atoms in total. The third-order valence-corrected chi connectivity index (χ3v) is 6.28. The molecule has 0 fully saturated rings. The normalized spacial score (nSPS) is 11.7. The van der Waals surface area contributed by atoms with Gasteiger partial charge in [-0.15, -0.1) is 11.3 Å². The van der Waals surface area contributed by atoms with Gasteiger partial charge in [-0.3, -0.25) is 14.3 Å². The van der Waals surface area contributed by atoms with Crippen LogP contribution in [0.15, 0.2) is 42.5 Å². The summed E-state index contributed by atoms with van der Waals surface area (Å²) < 4.78 is 42.4. The minimum Gasteiger partial charge on any atom is -0.365 e. The van der Waals surface area contributed by atoms with Crippen LogP contribution in [0.2, 0.25) is 0 Å². The van der Waals surface area contributed by atoms with E-state index in [0.29, 0.717) is 23.4 Å². The Kier molecular flexibility index (Phi) is 6.13. The highest BCUT2D eigenvalue weighted by Gasteiger charge is 2.35. The number of thiophene rings is 1. The van der Waals surface area contributed by atoms with Crippen LogP contribution in [0.25, 0.3) is 21.3 Å².